The van der Waals surface area contributed by atoms with Gasteiger partial charge in [0.1, 0.15) is 5.00 Å². The van der Waals surface area contributed by atoms with E-state index in [1.165, 1.54) is 4.88 Å². The van der Waals surface area contributed by atoms with Crippen LogP contribution < -0.4 is 5.32 Å². The number of carboxylic acid groups (broad SMARTS) is 1. The van der Waals surface area contributed by atoms with Gasteiger partial charge >= 0.3 is 5.97 Å². The molecule has 3 aliphatic rings. The summed E-state index contributed by atoms with van der Waals surface area (Å²) in [6.45, 7) is 2.04. The van der Waals surface area contributed by atoms with Gasteiger partial charge in [-0.2, -0.15) is 4.98 Å². The van der Waals surface area contributed by atoms with Crippen LogP contribution in [0.3, 0.4) is 0 Å². The molecule has 2 saturated carbocycles. The lowest BCUT2D eigenvalue weighted by atomic mass is 10.1. The van der Waals surface area contributed by atoms with Gasteiger partial charge in [0.15, 0.2) is 5.82 Å². The maximum absolute atomic E-state index is 12.9. The number of carbonyl (C=O) groups is 2. The van der Waals surface area contributed by atoms with Crippen LogP contribution in [0.5, 0.6) is 0 Å². The molecule has 1 amide bonds. The quantitative estimate of drug-likeness (QED) is 0.747. The number of amides is 1. The first-order chi connectivity index (χ1) is 13.5. The van der Waals surface area contributed by atoms with Crippen LogP contribution in [0.15, 0.2) is 15.7 Å². The lowest BCUT2D eigenvalue weighted by Crippen LogP contribution is -2.16. The molecule has 0 bridgehead atoms. The zero-order valence-corrected chi connectivity index (χ0v) is 16.4. The number of rotatable bonds is 6. The fourth-order valence-corrected chi connectivity index (χ4v) is 5.23. The molecule has 0 aliphatic heterocycles. The van der Waals surface area contributed by atoms with Gasteiger partial charge in [-0.1, -0.05) is 5.16 Å². The molecule has 28 heavy (non-hydrogen) atoms. The Morgan fingerprint density at radius 2 is 1.86 bits per heavy atom. The molecular formula is C20H21N3O4S. The SMILES string of the molecule is Cc1c(C2CC2)sc(NC(=O)C2=C(C(=O)O)CCC2)c1-c1nc(C2CC2)no1. The first-order valence-electron chi connectivity index (χ1n) is 9.77. The third kappa shape index (κ3) is 3.05. The van der Waals surface area contributed by atoms with Crippen molar-refractivity contribution in [1.29, 1.82) is 0 Å². The van der Waals surface area contributed by atoms with Crippen molar-refractivity contribution in [2.24, 2.45) is 0 Å². The molecule has 146 valence electrons. The van der Waals surface area contributed by atoms with E-state index in [1.807, 2.05) is 6.92 Å². The van der Waals surface area contributed by atoms with E-state index in [2.05, 4.69) is 15.5 Å². The number of thiophene rings is 1. The summed E-state index contributed by atoms with van der Waals surface area (Å²) in [6, 6.07) is 0. The predicted octanol–water partition coefficient (Wildman–Crippen LogP) is 4.36. The second kappa shape index (κ2) is 6.55. The van der Waals surface area contributed by atoms with Crippen molar-refractivity contribution in [3.05, 3.63) is 27.4 Å². The minimum absolute atomic E-state index is 0.226. The number of nitrogens with zero attached hydrogens (tertiary/aromatic N) is 2. The minimum atomic E-state index is -1.00. The van der Waals surface area contributed by atoms with Crippen LogP contribution in [-0.2, 0) is 9.59 Å². The Hall–Kier alpha value is -2.48. The molecule has 8 heteroatoms. The summed E-state index contributed by atoms with van der Waals surface area (Å²) < 4.78 is 5.54. The van der Waals surface area contributed by atoms with Crippen molar-refractivity contribution >= 4 is 28.2 Å². The van der Waals surface area contributed by atoms with Gasteiger partial charge in [0.05, 0.1) is 5.56 Å². The van der Waals surface area contributed by atoms with Crippen molar-refractivity contribution in [2.75, 3.05) is 5.32 Å². The largest absolute Gasteiger partial charge is 0.478 e. The zero-order chi connectivity index (χ0) is 19.4. The van der Waals surface area contributed by atoms with Gasteiger partial charge in [0.25, 0.3) is 11.8 Å². The minimum Gasteiger partial charge on any atom is -0.478 e. The Kier molecular flexibility index (Phi) is 4.12. The van der Waals surface area contributed by atoms with Gasteiger partial charge in [-0.15, -0.1) is 11.3 Å². The Morgan fingerprint density at radius 1 is 1.14 bits per heavy atom. The number of aromatic nitrogens is 2. The zero-order valence-electron chi connectivity index (χ0n) is 15.6. The van der Waals surface area contributed by atoms with E-state index in [1.54, 1.807) is 11.3 Å². The number of hydrogen-bond acceptors (Lipinski definition) is 6. The molecule has 2 fully saturated rings. The van der Waals surface area contributed by atoms with Gasteiger partial charge in [0.2, 0.25) is 0 Å². The summed E-state index contributed by atoms with van der Waals surface area (Å²) in [5.41, 5.74) is 2.47. The number of anilines is 1. The molecule has 2 heterocycles. The van der Waals surface area contributed by atoms with E-state index in [-0.39, 0.29) is 11.5 Å². The van der Waals surface area contributed by atoms with Crippen LogP contribution >= 0.6 is 11.3 Å². The molecule has 0 radical (unpaired) electrons. The standard InChI is InChI=1S/C20H21N3O4S/c1-9-14(18-21-16(23-27-18)11-7-8-11)19(28-15(9)10-5-6-10)22-17(24)12-3-2-4-13(12)20(25)26/h10-11H,2-8H2,1H3,(H,22,24)(H,25,26). The summed E-state index contributed by atoms with van der Waals surface area (Å²) in [6.07, 6.45) is 6.11. The van der Waals surface area contributed by atoms with Crippen LogP contribution in [0.4, 0.5) is 5.00 Å². The van der Waals surface area contributed by atoms with Gasteiger partial charge in [-0.05, 0) is 63.4 Å². The van der Waals surface area contributed by atoms with E-state index in [0.29, 0.717) is 47.6 Å². The molecule has 3 aliphatic carbocycles. The molecule has 2 aromatic rings. The second-order valence-corrected chi connectivity index (χ2v) is 8.92. The molecule has 2 aromatic heterocycles. The Bertz CT molecular complexity index is 1010. The Labute approximate surface area is 165 Å². The molecule has 0 saturated heterocycles. The lowest BCUT2D eigenvalue weighted by Gasteiger charge is -2.07. The number of hydrogen-bond donors (Lipinski definition) is 2. The van der Waals surface area contributed by atoms with Crippen LogP contribution in [0.25, 0.3) is 11.5 Å². The van der Waals surface area contributed by atoms with Crippen molar-refractivity contribution < 1.29 is 19.2 Å². The smallest absolute Gasteiger partial charge is 0.332 e. The monoisotopic (exact) mass is 399 g/mol. The van der Waals surface area contributed by atoms with Gasteiger partial charge < -0.3 is 14.9 Å². The third-order valence-corrected chi connectivity index (χ3v) is 7.08. The number of carboxylic acids is 1. The summed E-state index contributed by atoms with van der Waals surface area (Å²) in [4.78, 5) is 30.1. The normalized spacial score (nSPS) is 19.3. The second-order valence-electron chi connectivity index (χ2n) is 7.87. The Morgan fingerprint density at radius 3 is 2.54 bits per heavy atom. The van der Waals surface area contributed by atoms with E-state index >= 15 is 0 Å². The fraction of sp³-hybridized carbons (Fsp3) is 0.500. The van der Waals surface area contributed by atoms with Crippen LogP contribution in [-0.4, -0.2) is 27.1 Å². The number of aliphatic carboxylic acids is 1. The van der Waals surface area contributed by atoms with Crippen LogP contribution in [0.1, 0.15) is 73.0 Å². The maximum Gasteiger partial charge on any atom is 0.332 e. The molecule has 7 nitrogen and oxygen atoms in total. The predicted molar refractivity (Wildman–Crippen MR) is 103 cm³/mol. The maximum atomic E-state index is 12.9. The number of nitrogens with one attached hydrogen (secondary N) is 1. The molecule has 0 spiro atoms. The van der Waals surface area contributed by atoms with Crippen molar-refractivity contribution in [3.63, 3.8) is 0 Å². The molecule has 0 atom stereocenters. The molecule has 0 aromatic carbocycles. The highest BCUT2D eigenvalue weighted by Gasteiger charge is 2.34. The molecule has 5 rings (SSSR count). The van der Waals surface area contributed by atoms with Crippen LogP contribution in [0, 0.1) is 6.92 Å². The molecule has 0 unspecified atom stereocenters. The first-order valence-corrected chi connectivity index (χ1v) is 10.6. The van der Waals surface area contributed by atoms with E-state index in [9.17, 15) is 14.7 Å². The fourth-order valence-electron chi connectivity index (χ4n) is 3.86. The highest BCUT2D eigenvalue weighted by Crippen LogP contribution is 2.51. The third-order valence-electron chi connectivity index (χ3n) is 5.71. The van der Waals surface area contributed by atoms with Gasteiger partial charge in [-0.3, -0.25) is 4.79 Å². The average molecular weight is 399 g/mol. The molecular weight excluding hydrogens is 378 g/mol. The topological polar surface area (TPSA) is 105 Å². The molecule has 2 N–H and O–H groups in total. The first kappa shape index (κ1) is 17.6. The summed E-state index contributed by atoms with van der Waals surface area (Å²) in [5.74, 6) is 0.755. The van der Waals surface area contributed by atoms with E-state index < -0.39 is 5.97 Å². The Balaban J connectivity index is 1.51. The highest BCUT2D eigenvalue weighted by atomic mass is 32.1. The summed E-state index contributed by atoms with van der Waals surface area (Å²) >= 11 is 1.55. The van der Waals surface area contributed by atoms with Crippen LogP contribution in [0.2, 0.25) is 0 Å². The highest BCUT2D eigenvalue weighted by molar-refractivity contribution is 7.17. The van der Waals surface area contributed by atoms with Gasteiger partial charge in [0, 0.05) is 21.9 Å². The lowest BCUT2D eigenvalue weighted by molar-refractivity contribution is -0.133. The van der Waals surface area contributed by atoms with Crippen molar-refractivity contribution in [3.8, 4) is 11.5 Å². The van der Waals surface area contributed by atoms with Crippen molar-refractivity contribution in [2.45, 2.75) is 63.7 Å². The summed E-state index contributed by atoms with van der Waals surface area (Å²) in [7, 11) is 0. The average Bonchev–Trinajstić information content (AvgIpc) is 3.56. The van der Waals surface area contributed by atoms with E-state index in [4.69, 9.17) is 4.52 Å². The number of carbonyl (C=O) groups excluding carboxylic acids is 1. The van der Waals surface area contributed by atoms with E-state index in [0.717, 1.165) is 42.6 Å². The summed E-state index contributed by atoms with van der Waals surface area (Å²) in [5, 5.41) is 17.1. The van der Waals surface area contributed by atoms with Gasteiger partial charge in [-0.25, -0.2) is 4.79 Å². The van der Waals surface area contributed by atoms with Crippen molar-refractivity contribution in [1.82, 2.24) is 10.1 Å².